The highest BCUT2D eigenvalue weighted by atomic mass is 32.2. The highest BCUT2D eigenvalue weighted by molar-refractivity contribution is 7.99. The van der Waals surface area contributed by atoms with E-state index in [2.05, 4.69) is 15.0 Å². The summed E-state index contributed by atoms with van der Waals surface area (Å²) in [6, 6.07) is 25.6. The predicted molar refractivity (Wildman–Crippen MR) is 129 cm³/mol. The van der Waals surface area contributed by atoms with Crippen LogP contribution >= 0.6 is 23.1 Å². The molecule has 0 aliphatic carbocycles. The summed E-state index contributed by atoms with van der Waals surface area (Å²) in [5.41, 5.74) is 1.21. The van der Waals surface area contributed by atoms with Gasteiger partial charge in [0.25, 0.3) is 10.0 Å². The molecular weight excluding hydrogens is 462 g/mol. The number of thiazole rings is 1. The molecule has 1 amide bonds. The van der Waals surface area contributed by atoms with Crippen molar-refractivity contribution in [3.63, 3.8) is 0 Å². The third-order valence-corrected chi connectivity index (χ3v) is 7.68. The van der Waals surface area contributed by atoms with Crippen molar-refractivity contribution in [3.05, 3.63) is 96.0 Å². The molecule has 1 heterocycles. The monoisotopic (exact) mass is 481 g/mol. The van der Waals surface area contributed by atoms with Crippen LogP contribution in [-0.2, 0) is 21.2 Å². The summed E-state index contributed by atoms with van der Waals surface area (Å²) in [5.74, 6) is -0.228. The Morgan fingerprint density at radius 1 is 0.906 bits per heavy atom. The summed E-state index contributed by atoms with van der Waals surface area (Å²) in [7, 11) is -3.72. The second-order valence-corrected chi connectivity index (χ2v) is 10.4. The van der Waals surface area contributed by atoms with Crippen molar-refractivity contribution in [3.8, 4) is 0 Å². The van der Waals surface area contributed by atoms with Gasteiger partial charge < -0.3 is 5.32 Å². The van der Waals surface area contributed by atoms with Gasteiger partial charge in [0.15, 0.2) is 5.13 Å². The molecule has 0 aliphatic heterocycles. The first-order valence-corrected chi connectivity index (χ1v) is 12.8. The van der Waals surface area contributed by atoms with Crippen LogP contribution in [0, 0.1) is 0 Å². The predicted octanol–water partition coefficient (Wildman–Crippen LogP) is 5.28. The Morgan fingerprint density at radius 3 is 2.31 bits per heavy atom. The second-order valence-electron chi connectivity index (χ2n) is 6.70. The van der Waals surface area contributed by atoms with E-state index >= 15 is 0 Å². The summed E-state index contributed by atoms with van der Waals surface area (Å²) in [4.78, 5) is 19.0. The molecule has 0 saturated carbocycles. The first-order chi connectivity index (χ1) is 15.5. The first kappa shape index (κ1) is 22.1. The fourth-order valence-electron chi connectivity index (χ4n) is 2.84. The van der Waals surface area contributed by atoms with E-state index in [1.165, 1.54) is 12.1 Å². The minimum atomic E-state index is -3.72. The molecule has 0 spiro atoms. The smallest absolute Gasteiger partial charge is 0.263 e. The summed E-state index contributed by atoms with van der Waals surface area (Å²) in [6.07, 6.45) is 0.0356. The molecule has 0 bridgehead atoms. The van der Waals surface area contributed by atoms with Gasteiger partial charge in [-0.05, 0) is 36.4 Å². The van der Waals surface area contributed by atoms with Gasteiger partial charge in [-0.25, -0.2) is 13.4 Å². The highest BCUT2D eigenvalue weighted by Crippen LogP contribution is 2.33. The van der Waals surface area contributed by atoms with Crippen molar-refractivity contribution in [1.29, 1.82) is 0 Å². The van der Waals surface area contributed by atoms with E-state index in [0.29, 0.717) is 11.4 Å². The van der Waals surface area contributed by atoms with E-state index < -0.39 is 10.0 Å². The highest BCUT2D eigenvalue weighted by Gasteiger charge is 2.17. The number of rotatable bonds is 8. The van der Waals surface area contributed by atoms with Crippen LogP contribution in [0.5, 0.6) is 0 Å². The zero-order valence-corrected chi connectivity index (χ0v) is 19.2. The first-order valence-electron chi connectivity index (χ1n) is 9.64. The normalized spacial score (nSPS) is 11.1. The Labute approximate surface area is 194 Å². The molecule has 0 radical (unpaired) electrons. The largest absolute Gasteiger partial charge is 0.325 e. The molecule has 1 aromatic heterocycles. The quantitative estimate of drug-likeness (QED) is 0.358. The number of hydrogen-bond acceptors (Lipinski definition) is 6. The third kappa shape index (κ3) is 5.76. The Balaban J connectivity index is 1.40. The number of hydrogen-bond donors (Lipinski definition) is 2. The maximum atomic E-state index is 12.6. The van der Waals surface area contributed by atoms with E-state index in [0.717, 1.165) is 21.1 Å². The van der Waals surface area contributed by atoms with Crippen LogP contribution in [-0.4, -0.2) is 19.3 Å². The molecule has 3 aromatic carbocycles. The Morgan fingerprint density at radius 2 is 1.56 bits per heavy atom. The minimum Gasteiger partial charge on any atom is -0.325 e. The van der Waals surface area contributed by atoms with Crippen LogP contribution < -0.4 is 10.0 Å². The maximum absolute atomic E-state index is 12.6. The Kier molecular flexibility index (Phi) is 6.89. The fourth-order valence-corrected chi connectivity index (χ4v) is 5.75. The van der Waals surface area contributed by atoms with Crippen LogP contribution in [0.2, 0.25) is 0 Å². The molecule has 4 aromatic rings. The van der Waals surface area contributed by atoms with Crippen molar-refractivity contribution in [2.45, 2.75) is 21.1 Å². The zero-order valence-electron chi connectivity index (χ0n) is 16.8. The van der Waals surface area contributed by atoms with Crippen LogP contribution in [0.25, 0.3) is 0 Å². The molecule has 0 saturated heterocycles. The number of aromatic nitrogens is 1. The van der Waals surface area contributed by atoms with E-state index in [-0.39, 0.29) is 22.4 Å². The van der Waals surface area contributed by atoms with E-state index in [9.17, 15) is 13.2 Å². The molecule has 0 fully saturated rings. The van der Waals surface area contributed by atoms with Crippen LogP contribution in [0.4, 0.5) is 10.8 Å². The van der Waals surface area contributed by atoms with Crippen molar-refractivity contribution in [1.82, 2.24) is 4.98 Å². The lowest BCUT2D eigenvalue weighted by Crippen LogP contribution is -2.15. The van der Waals surface area contributed by atoms with Crippen molar-refractivity contribution >= 4 is 49.8 Å². The average molecular weight is 482 g/mol. The van der Waals surface area contributed by atoms with Crippen molar-refractivity contribution in [2.75, 3.05) is 10.0 Å². The van der Waals surface area contributed by atoms with E-state index in [1.807, 2.05) is 54.6 Å². The third-order valence-electron chi connectivity index (χ3n) is 4.30. The van der Waals surface area contributed by atoms with Gasteiger partial charge in [0.2, 0.25) is 5.91 Å². The van der Waals surface area contributed by atoms with Gasteiger partial charge in [-0.1, -0.05) is 60.3 Å². The molecule has 162 valence electrons. The molecular formula is C23H19N3O3S3. The fraction of sp³-hybridized carbons (Fsp3) is 0.0435. The molecule has 6 nitrogen and oxygen atoms in total. The number of benzene rings is 3. The lowest BCUT2D eigenvalue weighted by Gasteiger charge is -2.10. The van der Waals surface area contributed by atoms with Crippen molar-refractivity contribution in [2.24, 2.45) is 0 Å². The van der Waals surface area contributed by atoms with Gasteiger partial charge >= 0.3 is 0 Å². The maximum Gasteiger partial charge on any atom is 0.263 e. The molecule has 0 atom stereocenters. The molecule has 0 aliphatic rings. The number of nitrogens with zero attached hydrogens (tertiary/aromatic N) is 1. The van der Waals surface area contributed by atoms with Gasteiger partial charge in [0, 0.05) is 15.2 Å². The van der Waals surface area contributed by atoms with Crippen LogP contribution in [0.3, 0.4) is 0 Å². The molecule has 9 heteroatoms. The summed E-state index contributed by atoms with van der Waals surface area (Å²) in [6.45, 7) is 0. The topological polar surface area (TPSA) is 88.2 Å². The Hall–Kier alpha value is -3.14. The molecule has 32 heavy (non-hydrogen) atoms. The summed E-state index contributed by atoms with van der Waals surface area (Å²) in [5, 5.41) is 4.82. The average Bonchev–Trinajstić information content (AvgIpc) is 3.22. The SMILES string of the molecule is O=C(Cc1csc(NS(=O)(=O)c2ccccc2)n1)Nc1ccccc1Sc1ccccc1. The number of sulfonamides is 1. The van der Waals surface area contributed by atoms with E-state index in [4.69, 9.17) is 0 Å². The number of para-hydroxylation sites is 1. The van der Waals surface area contributed by atoms with Gasteiger partial charge in [0.1, 0.15) is 0 Å². The molecule has 2 N–H and O–H groups in total. The minimum absolute atomic E-state index is 0.0356. The van der Waals surface area contributed by atoms with Gasteiger partial charge in [-0.15, -0.1) is 11.3 Å². The number of carbonyl (C=O) groups is 1. The van der Waals surface area contributed by atoms with Gasteiger partial charge in [-0.2, -0.15) is 0 Å². The van der Waals surface area contributed by atoms with Gasteiger partial charge in [0.05, 0.1) is 22.7 Å². The van der Waals surface area contributed by atoms with Crippen molar-refractivity contribution < 1.29 is 13.2 Å². The molecule has 0 unspecified atom stereocenters. The summed E-state index contributed by atoms with van der Waals surface area (Å²) < 4.78 is 27.3. The van der Waals surface area contributed by atoms with Crippen LogP contribution in [0.1, 0.15) is 5.69 Å². The lowest BCUT2D eigenvalue weighted by molar-refractivity contribution is -0.115. The summed E-state index contributed by atoms with van der Waals surface area (Å²) >= 11 is 2.70. The number of amides is 1. The van der Waals surface area contributed by atoms with E-state index in [1.54, 1.807) is 35.3 Å². The number of nitrogens with one attached hydrogen (secondary N) is 2. The standard InChI is InChI=1S/C23H19N3O3S3/c27-22(25-20-13-7-8-14-21(20)31-18-9-3-1-4-10-18)15-17-16-30-23(24-17)26-32(28,29)19-11-5-2-6-12-19/h1-14,16H,15H2,(H,24,26)(H,25,27). The Bertz CT molecular complexity index is 1310. The number of anilines is 2. The van der Waals surface area contributed by atoms with Gasteiger partial charge in [-0.3, -0.25) is 9.52 Å². The molecule has 4 rings (SSSR count). The lowest BCUT2D eigenvalue weighted by atomic mass is 10.3. The second kappa shape index (κ2) is 9.99. The number of carbonyl (C=O) groups excluding carboxylic acids is 1. The zero-order chi connectivity index (χ0) is 22.4. The van der Waals surface area contributed by atoms with Crippen LogP contribution in [0.15, 0.2) is 105 Å².